The smallest absolute Gasteiger partial charge is 0.185 e. The second-order valence-electron chi connectivity index (χ2n) is 6.25. The molecule has 0 spiro atoms. The molecule has 21 heavy (non-hydrogen) atoms. The molecule has 0 bridgehead atoms. The van der Waals surface area contributed by atoms with Crippen molar-refractivity contribution >= 4 is 5.78 Å². The van der Waals surface area contributed by atoms with Crippen molar-refractivity contribution in [1.29, 1.82) is 0 Å². The van der Waals surface area contributed by atoms with Gasteiger partial charge in [-0.05, 0) is 38.9 Å². The van der Waals surface area contributed by atoms with Crippen LogP contribution >= 0.6 is 0 Å². The number of carbonyl (C=O) groups excluding carboxylic acids is 1. The van der Waals surface area contributed by atoms with Crippen LogP contribution in [0, 0.1) is 5.41 Å². The lowest BCUT2D eigenvalue weighted by atomic mass is 9.66. The normalized spacial score (nSPS) is 16.8. The van der Waals surface area contributed by atoms with Crippen molar-refractivity contribution in [3.05, 3.63) is 11.9 Å². The van der Waals surface area contributed by atoms with Crippen LogP contribution < -0.4 is 10.5 Å². The van der Waals surface area contributed by atoms with Crippen LogP contribution in [0.15, 0.2) is 6.20 Å². The van der Waals surface area contributed by atoms with Crippen molar-refractivity contribution in [2.75, 3.05) is 34.3 Å². The molecule has 1 aliphatic rings. The molecule has 0 atom stereocenters. The Morgan fingerprint density at radius 2 is 2.24 bits per heavy atom. The summed E-state index contributed by atoms with van der Waals surface area (Å²) in [5, 5.41) is 4.29. The minimum atomic E-state index is -0.00125. The molecule has 1 saturated carbocycles. The van der Waals surface area contributed by atoms with Crippen molar-refractivity contribution in [2.45, 2.75) is 32.2 Å². The summed E-state index contributed by atoms with van der Waals surface area (Å²) in [6, 6.07) is 0. The van der Waals surface area contributed by atoms with E-state index in [4.69, 9.17) is 10.5 Å². The fourth-order valence-corrected chi connectivity index (χ4v) is 2.82. The number of aromatic nitrogens is 2. The maximum absolute atomic E-state index is 12.7. The van der Waals surface area contributed by atoms with E-state index in [0.29, 0.717) is 31.0 Å². The number of nitrogens with zero attached hydrogens (tertiary/aromatic N) is 3. The Morgan fingerprint density at radius 3 is 2.71 bits per heavy atom. The molecular weight excluding hydrogens is 268 g/mol. The molecule has 2 rings (SSSR count). The number of hydrogen-bond acceptors (Lipinski definition) is 5. The molecule has 2 N–H and O–H groups in total. The highest BCUT2D eigenvalue weighted by molar-refractivity contribution is 5.97. The topological polar surface area (TPSA) is 73.4 Å². The summed E-state index contributed by atoms with van der Waals surface area (Å²) < 4.78 is 7.06. The van der Waals surface area contributed by atoms with Crippen molar-refractivity contribution in [3.63, 3.8) is 0 Å². The largest absolute Gasteiger partial charge is 0.493 e. The average molecular weight is 294 g/mol. The third-order valence-corrected chi connectivity index (χ3v) is 4.43. The maximum Gasteiger partial charge on any atom is 0.185 e. The Morgan fingerprint density at radius 1 is 1.52 bits per heavy atom. The number of ether oxygens (including phenoxy) is 1. The van der Waals surface area contributed by atoms with Gasteiger partial charge in [0.1, 0.15) is 5.69 Å². The van der Waals surface area contributed by atoms with E-state index in [0.717, 1.165) is 19.4 Å². The third kappa shape index (κ3) is 3.44. The van der Waals surface area contributed by atoms with E-state index in [9.17, 15) is 4.79 Å². The standard InChI is InChI=1S/C15H26N4O2/c1-18(2)7-8-19-14(13(21-3)10-17-19)12(20)9-15(11-16)5-4-6-15/h10H,4-9,11,16H2,1-3H3. The predicted octanol–water partition coefficient (Wildman–Crippen LogP) is 1.16. The molecule has 0 aromatic carbocycles. The van der Waals surface area contributed by atoms with Crippen LogP contribution in [0.1, 0.15) is 36.2 Å². The summed E-state index contributed by atoms with van der Waals surface area (Å²) in [6.45, 7) is 2.08. The number of rotatable bonds is 8. The molecule has 1 fully saturated rings. The lowest BCUT2D eigenvalue weighted by molar-refractivity contribution is 0.0772. The quantitative estimate of drug-likeness (QED) is 0.728. The molecule has 0 aliphatic heterocycles. The average Bonchev–Trinajstić information content (AvgIpc) is 2.83. The van der Waals surface area contributed by atoms with E-state index >= 15 is 0 Å². The summed E-state index contributed by atoms with van der Waals surface area (Å²) in [4.78, 5) is 14.8. The molecule has 6 heteroatoms. The first kappa shape index (κ1) is 16.0. The number of likely N-dealkylation sites (N-methyl/N-ethyl adjacent to an activating group) is 1. The summed E-state index contributed by atoms with van der Waals surface area (Å²) in [6.07, 6.45) is 5.38. The molecule has 1 aromatic heterocycles. The van der Waals surface area contributed by atoms with E-state index in [1.54, 1.807) is 18.0 Å². The van der Waals surface area contributed by atoms with Gasteiger partial charge in [0.15, 0.2) is 11.5 Å². The molecule has 1 aromatic rings. The van der Waals surface area contributed by atoms with Gasteiger partial charge in [-0.2, -0.15) is 5.10 Å². The monoisotopic (exact) mass is 294 g/mol. The molecule has 0 unspecified atom stereocenters. The van der Waals surface area contributed by atoms with Crippen LogP contribution in [0.2, 0.25) is 0 Å². The number of hydrogen-bond donors (Lipinski definition) is 1. The van der Waals surface area contributed by atoms with Crippen molar-refractivity contribution < 1.29 is 9.53 Å². The van der Waals surface area contributed by atoms with Gasteiger partial charge in [-0.15, -0.1) is 0 Å². The molecule has 1 aliphatic carbocycles. The predicted molar refractivity (Wildman–Crippen MR) is 81.6 cm³/mol. The minimum Gasteiger partial charge on any atom is -0.493 e. The highest BCUT2D eigenvalue weighted by Gasteiger charge is 2.39. The van der Waals surface area contributed by atoms with Crippen LogP contribution in [0.5, 0.6) is 5.75 Å². The van der Waals surface area contributed by atoms with Gasteiger partial charge in [0, 0.05) is 13.0 Å². The van der Waals surface area contributed by atoms with Crippen LogP contribution in [-0.2, 0) is 6.54 Å². The first-order chi connectivity index (χ1) is 10.0. The molecule has 0 amide bonds. The number of methoxy groups -OCH3 is 1. The molecule has 118 valence electrons. The zero-order valence-corrected chi connectivity index (χ0v) is 13.3. The first-order valence-electron chi connectivity index (χ1n) is 7.49. The minimum absolute atomic E-state index is 0.00125. The van der Waals surface area contributed by atoms with E-state index in [-0.39, 0.29) is 11.2 Å². The van der Waals surface area contributed by atoms with Crippen LogP contribution in [-0.4, -0.2) is 54.8 Å². The van der Waals surface area contributed by atoms with Crippen molar-refractivity contribution in [2.24, 2.45) is 11.1 Å². The highest BCUT2D eigenvalue weighted by Crippen LogP contribution is 2.44. The summed E-state index contributed by atoms with van der Waals surface area (Å²) in [5.41, 5.74) is 6.45. The zero-order chi connectivity index (χ0) is 15.5. The third-order valence-electron chi connectivity index (χ3n) is 4.43. The van der Waals surface area contributed by atoms with Gasteiger partial charge in [0.05, 0.1) is 19.9 Å². The van der Waals surface area contributed by atoms with Gasteiger partial charge < -0.3 is 15.4 Å². The summed E-state index contributed by atoms with van der Waals surface area (Å²) >= 11 is 0. The Labute approximate surface area is 126 Å². The molecular formula is C15H26N4O2. The highest BCUT2D eigenvalue weighted by atomic mass is 16.5. The van der Waals surface area contributed by atoms with E-state index in [2.05, 4.69) is 10.00 Å². The maximum atomic E-state index is 12.7. The van der Waals surface area contributed by atoms with Gasteiger partial charge in [-0.1, -0.05) is 6.42 Å². The number of nitrogens with two attached hydrogens (primary N) is 1. The second-order valence-corrected chi connectivity index (χ2v) is 6.25. The fourth-order valence-electron chi connectivity index (χ4n) is 2.82. The molecule has 6 nitrogen and oxygen atoms in total. The Bertz CT molecular complexity index is 486. The summed E-state index contributed by atoms with van der Waals surface area (Å²) in [7, 11) is 5.58. The first-order valence-corrected chi connectivity index (χ1v) is 7.49. The van der Waals surface area contributed by atoms with Gasteiger partial charge in [0.25, 0.3) is 0 Å². The SMILES string of the molecule is COc1cnn(CCN(C)C)c1C(=O)CC1(CN)CCC1. The van der Waals surface area contributed by atoms with Crippen LogP contribution in [0.4, 0.5) is 0 Å². The summed E-state index contributed by atoms with van der Waals surface area (Å²) in [5.74, 6) is 0.651. The van der Waals surface area contributed by atoms with E-state index in [1.807, 2.05) is 14.1 Å². The van der Waals surface area contributed by atoms with E-state index in [1.165, 1.54) is 6.42 Å². The Hall–Kier alpha value is -1.40. The molecule has 0 radical (unpaired) electrons. The lowest BCUT2D eigenvalue weighted by Crippen LogP contribution is -2.39. The van der Waals surface area contributed by atoms with Crippen LogP contribution in [0.25, 0.3) is 0 Å². The van der Waals surface area contributed by atoms with E-state index < -0.39 is 0 Å². The van der Waals surface area contributed by atoms with Crippen LogP contribution in [0.3, 0.4) is 0 Å². The van der Waals surface area contributed by atoms with Gasteiger partial charge in [0.2, 0.25) is 0 Å². The molecule has 1 heterocycles. The zero-order valence-electron chi connectivity index (χ0n) is 13.3. The van der Waals surface area contributed by atoms with Crippen molar-refractivity contribution in [1.82, 2.24) is 14.7 Å². The Kier molecular flexibility index (Phi) is 5.00. The second kappa shape index (κ2) is 6.58. The van der Waals surface area contributed by atoms with Gasteiger partial charge >= 0.3 is 0 Å². The molecule has 0 saturated heterocycles. The lowest BCUT2D eigenvalue weighted by Gasteiger charge is -2.40. The Balaban J connectivity index is 2.16. The van der Waals surface area contributed by atoms with Crippen molar-refractivity contribution in [3.8, 4) is 5.75 Å². The fraction of sp³-hybridized carbons (Fsp3) is 0.733. The number of carbonyl (C=O) groups is 1. The number of Topliss-reactive ketones (excluding diaryl/α,β-unsaturated/α-hetero) is 1. The van der Waals surface area contributed by atoms with Gasteiger partial charge in [-0.25, -0.2) is 0 Å². The van der Waals surface area contributed by atoms with Gasteiger partial charge in [-0.3, -0.25) is 9.48 Å². The number of ketones is 1.